The minimum atomic E-state index is -0.311. The SMILES string of the molecule is Cc1ccc(-c2cc3c(s2)C[C@H](C)[C@@]3(C#N)C(C)C)cc1. The van der Waals surface area contributed by atoms with Gasteiger partial charge in [-0.3, -0.25) is 0 Å². The van der Waals surface area contributed by atoms with E-state index in [0.29, 0.717) is 11.8 Å². The van der Waals surface area contributed by atoms with Crippen molar-refractivity contribution < 1.29 is 0 Å². The van der Waals surface area contributed by atoms with Gasteiger partial charge < -0.3 is 0 Å². The van der Waals surface area contributed by atoms with Gasteiger partial charge in [-0.05, 0) is 42.4 Å². The highest BCUT2D eigenvalue weighted by Gasteiger charge is 2.48. The monoisotopic (exact) mass is 295 g/mol. The van der Waals surface area contributed by atoms with Crippen LogP contribution in [0.25, 0.3) is 10.4 Å². The van der Waals surface area contributed by atoms with E-state index in [2.05, 4.69) is 64.1 Å². The standard InChI is InChI=1S/C19H21NS/c1-12(2)19(11-20)14(4)9-18-16(19)10-17(21-18)15-7-5-13(3)6-8-15/h5-8,10,12,14H,9H2,1-4H3/t14-,19+/m0/s1. The molecule has 0 N–H and O–H groups in total. The molecule has 2 heteroatoms. The molecule has 2 aromatic rings. The van der Waals surface area contributed by atoms with Gasteiger partial charge in [0.1, 0.15) is 0 Å². The highest BCUT2D eigenvalue weighted by Crippen LogP contribution is 2.52. The summed E-state index contributed by atoms with van der Waals surface area (Å²) < 4.78 is 0. The van der Waals surface area contributed by atoms with Crippen LogP contribution in [0.5, 0.6) is 0 Å². The first-order chi connectivity index (χ1) is 9.99. The van der Waals surface area contributed by atoms with Crippen molar-refractivity contribution in [1.29, 1.82) is 5.26 Å². The normalized spacial score (nSPS) is 24.1. The first-order valence-electron chi connectivity index (χ1n) is 7.60. The van der Waals surface area contributed by atoms with Crippen LogP contribution < -0.4 is 0 Å². The third-order valence-electron chi connectivity index (χ3n) is 4.96. The molecule has 0 bridgehead atoms. The lowest BCUT2D eigenvalue weighted by Crippen LogP contribution is -2.34. The van der Waals surface area contributed by atoms with Gasteiger partial charge in [-0.1, -0.05) is 50.6 Å². The zero-order valence-electron chi connectivity index (χ0n) is 13.1. The molecule has 1 heterocycles. The largest absolute Gasteiger partial charge is 0.197 e. The molecule has 1 aliphatic rings. The van der Waals surface area contributed by atoms with E-state index >= 15 is 0 Å². The summed E-state index contributed by atoms with van der Waals surface area (Å²) in [5.41, 5.74) is 3.52. The van der Waals surface area contributed by atoms with Crippen molar-refractivity contribution in [2.75, 3.05) is 0 Å². The smallest absolute Gasteiger partial charge is 0.0884 e. The summed E-state index contributed by atoms with van der Waals surface area (Å²) in [6.45, 7) is 8.69. The molecule has 21 heavy (non-hydrogen) atoms. The van der Waals surface area contributed by atoms with Crippen LogP contribution in [0.2, 0.25) is 0 Å². The number of hydrogen-bond acceptors (Lipinski definition) is 2. The number of aryl methyl sites for hydroxylation is 1. The number of fused-ring (bicyclic) bond motifs is 1. The predicted octanol–water partition coefficient (Wildman–Crippen LogP) is 5.33. The van der Waals surface area contributed by atoms with Crippen LogP contribution in [0, 0.1) is 30.1 Å². The number of rotatable bonds is 2. The van der Waals surface area contributed by atoms with Gasteiger partial charge in [0.25, 0.3) is 0 Å². The Hall–Kier alpha value is -1.59. The van der Waals surface area contributed by atoms with Gasteiger partial charge in [-0.15, -0.1) is 11.3 Å². The van der Waals surface area contributed by atoms with E-state index < -0.39 is 0 Å². The van der Waals surface area contributed by atoms with Gasteiger partial charge in [-0.2, -0.15) is 5.26 Å². The zero-order valence-corrected chi connectivity index (χ0v) is 13.9. The molecule has 1 aromatic carbocycles. The van der Waals surface area contributed by atoms with E-state index in [0.717, 1.165) is 6.42 Å². The maximum Gasteiger partial charge on any atom is 0.0884 e. The fourth-order valence-electron chi connectivity index (χ4n) is 3.67. The van der Waals surface area contributed by atoms with Crippen molar-refractivity contribution >= 4 is 11.3 Å². The summed E-state index contributed by atoms with van der Waals surface area (Å²) in [5, 5.41) is 9.87. The van der Waals surface area contributed by atoms with Crippen molar-refractivity contribution in [2.24, 2.45) is 11.8 Å². The number of nitriles is 1. The molecule has 1 aromatic heterocycles. The quantitative estimate of drug-likeness (QED) is 0.734. The molecule has 108 valence electrons. The second-order valence-electron chi connectivity index (χ2n) is 6.55. The molecule has 0 fully saturated rings. The molecule has 0 spiro atoms. The molecule has 0 unspecified atom stereocenters. The molecule has 0 saturated heterocycles. The van der Waals surface area contributed by atoms with Crippen molar-refractivity contribution in [3.63, 3.8) is 0 Å². The Bertz CT molecular complexity index is 702. The summed E-state index contributed by atoms with van der Waals surface area (Å²) >= 11 is 1.87. The van der Waals surface area contributed by atoms with Crippen LogP contribution in [0.3, 0.4) is 0 Å². The van der Waals surface area contributed by atoms with E-state index in [1.807, 2.05) is 11.3 Å². The van der Waals surface area contributed by atoms with Gasteiger partial charge >= 0.3 is 0 Å². The Morgan fingerprint density at radius 1 is 1.29 bits per heavy atom. The lowest BCUT2D eigenvalue weighted by Gasteiger charge is -2.31. The lowest BCUT2D eigenvalue weighted by atomic mass is 9.69. The highest BCUT2D eigenvalue weighted by molar-refractivity contribution is 7.15. The van der Waals surface area contributed by atoms with Crippen LogP contribution in [-0.4, -0.2) is 0 Å². The van der Waals surface area contributed by atoms with Crippen LogP contribution in [0.1, 0.15) is 36.8 Å². The van der Waals surface area contributed by atoms with Crippen molar-refractivity contribution in [3.05, 3.63) is 46.3 Å². The number of thiophene rings is 1. The minimum Gasteiger partial charge on any atom is -0.197 e. The van der Waals surface area contributed by atoms with E-state index in [9.17, 15) is 5.26 Å². The summed E-state index contributed by atoms with van der Waals surface area (Å²) in [6.07, 6.45) is 1.04. The fraction of sp³-hybridized carbons (Fsp3) is 0.421. The average molecular weight is 295 g/mol. The number of benzene rings is 1. The lowest BCUT2D eigenvalue weighted by molar-refractivity contribution is 0.302. The summed E-state index contributed by atoms with van der Waals surface area (Å²) in [5.74, 6) is 0.759. The van der Waals surface area contributed by atoms with Gasteiger partial charge in [-0.25, -0.2) is 0 Å². The topological polar surface area (TPSA) is 23.8 Å². The molecule has 0 amide bonds. The van der Waals surface area contributed by atoms with Crippen molar-refractivity contribution in [3.8, 4) is 16.5 Å². The second-order valence-corrected chi connectivity index (χ2v) is 7.69. The number of hydrogen-bond donors (Lipinski definition) is 0. The molecule has 1 nitrogen and oxygen atoms in total. The molecule has 3 rings (SSSR count). The molecule has 1 aliphatic carbocycles. The van der Waals surface area contributed by atoms with Gasteiger partial charge in [0.15, 0.2) is 0 Å². The van der Waals surface area contributed by atoms with Crippen molar-refractivity contribution in [2.45, 2.75) is 39.5 Å². The van der Waals surface area contributed by atoms with E-state index in [4.69, 9.17) is 0 Å². The van der Waals surface area contributed by atoms with Gasteiger partial charge in [0, 0.05) is 9.75 Å². The zero-order chi connectivity index (χ0) is 15.2. The van der Waals surface area contributed by atoms with Crippen LogP contribution in [0.4, 0.5) is 0 Å². The molecule has 0 aliphatic heterocycles. The second kappa shape index (κ2) is 5.00. The van der Waals surface area contributed by atoms with E-state index in [1.54, 1.807) is 0 Å². The molecule has 0 radical (unpaired) electrons. The van der Waals surface area contributed by atoms with Crippen LogP contribution >= 0.6 is 11.3 Å². The molecular formula is C19H21NS. The van der Waals surface area contributed by atoms with E-state index in [1.165, 1.54) is 26.4 Å². The molecular weight excluding hydrogens is 274 g/mol. The Kier molecular flexibility index (Phi) is 3.42. The minimum absolute atomic E-state index is 0.311. The van der Waals surface area contributed by atoms with Crippen LogP contribution in [-0.2, 0) is 11.8 Å². The molecule has 2 atom stereocenters. The van der Waals surface area contributed by atoms with Gasteiger partial charge in [0.05, 0.1) is 11.5 Å². The average Bonchev–Trinajstić information content (AvgIpc) is 2.95. The van der Waals surface area contributed by atoms with Crippen LogP contribution in [0.15, 0.2) is 30.3 Å². The highest BCUT2D eigenvalue weighted by atomic mass is 32.1. The maximum atomic E-state index is 9.87. The molecule has 0 saturated carbocycles. The Labute approximate surface area is 131 Å². The Balaban J connectivity index is 2.10. The summed E-state index contributed by atoms with van der Waals surface area (Å²) in [6, 6.07) is 13.6. The fourth-order valence-corrected chi connectivity index (χ4v) is 5.04. The Morgan fingerprint density at radius 3 is 2.52 bits per heavy atom. The van der Waals surface area contributed by atoms with Gasteiger partial charge in [0.2, 0.25) is 0 Å². The first kappa shape index (κ1) is 14.4. The summed E-state index contributed by atoms with van der Waals surface area (Å²) in [4.78, 5) is 2.71. The summed E-state index contributed by atoms with van der Waals surface area (Å²) in [7, 11) is 0. The third-order valence-corrected chi connectivity index (χ3v) is 6.16. The maximum absolute atomic E-state index is 9.87. The third kappa shape index (κ3) is 2.03. The van der Waals surface area contributed by atoms with Crippen molar-refractivity contribution in [1.82, 2.24) is 0 Å². The van der Waals surface area contributed by atoms with E-state index in [-0.39, 0.29) is 5.41 Å². The Morgan fingerprint density at radius 2 is 1.95 bits per heavy atom. The first-order valence-corrected chi connectivity index (χ1v) is 8.42. The number of nitrogens with zero attached hydrogens (tertiary/aromatic N) is 1. The predicted molar refractivity (Wildman–Crippen MR) is 89.5 cm³/mol.